The molecule has 0 aliphatic carbocycles. The van der Waals surface area contributed by atoms with Crippen LogP contribution < -0.4 is 0 Å². The van der Waals surface area contributed by atoms with E-state index in [-0.39, 0.29) is 11.3 Å². The van der Waals surface area contributed by atoms with E-state index in [9.17, 15) is 9.18 Å². The first kappa shape index (κ1) is 8.12. The standard InChI is InChI=1S/C8H3FN2O/c9-8-6(4-10)2-1-3-7(8)11-5-12/h1-3H. The van der Waals surface area contributed by atoms with E-state index in [0.29, 0.717) is 0 Å². The zero-order valence-electron chi connectivity index (χ0n) is 5.91. The van der Waals surface area contributed by atoms with E-state index in [1.165, 1.54) is 24.3 Å². The van der Waals surface area contributed by atoms with Crippen LogP contribution in [0.25, 0.3) is 0 Å². The summed E-state index contributed by atoms with van der Waals surface area (Å²) in [5, 5.41) is 8.38. The molecule has 0 N–H and O–H groups in total. The molecule has 3 nitrogen and oxygen atoms in total. The van der Waals surface area contributed by atoms with Crippen molar-refractivity contribution < 1.29 is 9.18 Å². The highest BCUT2D eigenvalue weighted by molar-refractivity contribution is 5.53. The Morgan fingerprint density at radius 1 is 1.50 bits per heavy atom. The van der Waals surface area contributed by atoms with Crippen LogP contribution in [0.4, 0.5) is 10.1 Å². The maximum atomic E-state index is 13.0. The van der Waals surface area contributed by atoms with Gasteiger partial charge in [-0.05, 0) is 12.1 Å². The zero-order chi connectivity index (χ0) is 8.97. The molecule has 12 heavy (non-hydrogen) atoms. The average molecular weight is 162 g/mol. The lowest BCUT2D eigenvalue weighted by Crippen LogP contribution is -1.82. The maximum absolute atomic E-state index is 13.0. The first-order chi connectivity index (χ1) is 5.79. The Balaban J connectivity index is 3.34. The van der Waals surface area contributed by atoms with E-state index in [1.54, 1.807) is 6.07 Å². The van der Waals surface area contributed by atoms with Gasteiger partial charge in [-0.25, -0.2) is 9.18 Å². The van der Waals surface area contributed by atoms with Crippen molar-refractivity contribution in [1.29, 1.82) is 5.26 Å². The summed E-state index contributed by atoms with van der Waals surface area (Å²) in [5.74, 6) is -0.789. The van der Waals surface area contributed by atoms with Crippen molar-refractivity contribution in [3.8, 4) is 6.07 Å². The second-order valence-electron chi connectivity index (χ2n) is 1.95. The van der Waals surface area contributed by atoms with Crippen LogP contribution >= 0.6 is 0 Å². The van der Waals surface area contributed by atoms with Crippen LogP contribution in [0.5, 0.6) is 0 Å². The van der Waals surface area contributed by atoms with Gasteiger partial charge in [0.1, 0.15) is 11.8 Å². The van der Waals surface area contributed by atoms with E-state index in [4.69, 9.17) is 5.26 Å². The van der Waals surface area contributed by atoms with Crippen LogP contribution in [-0.2, 0) is 4.79 Å². The van der Waals surface area contributed by atoms with Crippen LogP contribution in [0.15, 0.2) is 23.2 Å². The lowest BCUT2D eigenvalue weighted by Gasteiger charge is -1.94. The van der Waals surface area contributed by atoms with Gasteiger partial charge in [0.15, 0.2) is 5.82 Å². The number of benzene rings is 1. The molecule has 0 amide bonds. The molecule has 0 aromatic heterocycles. The van der Waals surface area contributed by atoms with Crippen molar-refractivity contribution in [3.05, 3.63) is 29.6 Å². The van der Waals surface area contributed by atoms with Gasteiger partial charge in [-0.2, -0.15) is 10.3 Å². The fourth-order valence-electron chi connectivity index (χ4n) is 0.742. The second kappa shape index (κ2) is 3.42. The molecular weight excluding hydrogens is 159 g/mol. The largest absolute Gasteiger partial charge is 0.240 e. The SMILES string of the molecule is N#Cc1cccc(N=C=O)c1F. The van der Waals surface area contributed by atoms with Crippen LogP contribution in [0, 0.1) is 17.1 Å². The van der Waals surface area contributed by atoms with Gasteiger partial charge in [0.25, 0.3) is 0 Å². The fraction of sp³-hybridized carbons (Fsp3) is 0. The zero-order valence-corrected chi connectivity index (χ0v) is 5.91. The minimum absolute atomic E-state index is 0.133. The number of carbonyl (C=O) groups excluding carboxylic acids is 1. The first-order valence-electron chi connectivity index (χ1n) is 3.06. The monoisotopic (exact) mass is 162 g/mol. The smallest absolute Gasteiger partial charge is 0.211 e. The lowest BCUT2D eigenvalue weighted by atomic mass is 10.2. The molecule has 0 heterocycles. The van der Waals surface area contributed by atoms with Gasteiger partial charge in [-0.15, -0.1) is 0 Å². The Morgan fingerprint density at radius 3 is 2.83 bits per heavy atom. The van der Waals surface area contributed by atoms with Crippen molar-refractivity contribution in [2.24, 2.45) is 4.99 Å². The third-order valence-corrected chi connectivity index (χ3v) is 1.26. The van der Waals surface area contributed by atoms with Gasteiger partial charge in [0.05, 0.1) is 5.56 Å². The molecule has 0 atom stereocenters. The highest BCUT2D eigenvalue weighted by atomic mass is 19.1. The van der Waals surface area contributed by atoms with E-state index in [0.717, 1.165) is 0 Å². The minimum atomic E-state index is -0.789. The van der Waals surface area contributed by atoms with E-state index in [2.05, 4.69) is 4.99 Å². The number of nitrogens with zero attached hydrogens (tertiary/aromatic N) is 2. The predicted octanol–water partition coefficient (Wildman–Crippen LogP) is 1.66. The molecule has 0 aliphatic rings. The van der Waals surface area contributed by atoms with Crippen molar-refractivity contribution in [2.75, 3.05) is 0 Å². The molecule has 1 aromatic rings. The van der Waals surface area contributed by atoms with Crippen LogP contribution in [0.2, 0.25) is 0 Å². The number of hydrogen-bond acceptors (Lipinski definition) is 3. The normalized spacial score (nSPS) is 8.33. The topological polar surface area (TPSA) is 53.2 Å². The summed E-state index contributed by atoms with van der Waals surface area (Å²) in [4.78, 5) is 12.9. The molecule has 0 fully saturated rings. The van der Waals surface area contributed by atoms with Gasteiger partial charge in [-0.3, -0.25) is 0 Å². The fourth-order valence-corrected chi connectivity index (χ4v) is 0.742. The van der Waals surface area contributed by atoms with Crippen LogP contribution in [-0.4, -0.2) is 6.08 Å². The molecule has 1 aromatic carbocycles. The predicted molar refractivity (Wildman–Crippen MR) is 38.9 cm³/mol. The molecule has 4 heteroatoms. The molecule has 0 unspecified atom stereocenters. The quantitative estimate of drug-likeness (QED) is 0.465. The van der Waals surface area contributed by atoms with Gasteiger partial charge in [-0.1, -0.05) is 6.07 Å². The Morgan fingerprint density at radius 2 is 2.25 bits per heavy atom. The van der Waals surface area contributed by atoms with Crippen molar-refractivity contribution >= 4 is 11.8 Å². The number of isocyanates is 1. The number of aliphatic imine (C=N–C) groups is 1. The Kier molecular flexibility index (Phi) is 2.32. The number of rotatable bonds is 1. The summed E-state index contributed by atoms with van der Waals surface area (Å²) in [6.45, 7) is 0. The summed E-state index contributed by atoms with van der Waals surface area (Å²) in [7, 11) is 0. The van der Waals surface area contributed by atoms with E-state index >= 15 is 0 Å². The van der Waals surface area contributed by atoms with Gasteiger partial charge in [0.2, 0.25) is 6.08 Å². The maximum Gasteiger partial charge on any atom is 0.240 e. The Bertz CT molecular complexity index is 389. The second-order valence-corrected chi connectivity index (χ2v) is 1.95. The van der Waals surface area contributed by atoms with Gasteiger partial charge >= 0.3 is 0 Å². The third kappa shape index (κ3) is 1.36. The van der Waals surface area contributed by atoms with Crippen molar-refractivity contribution in [1.82, 2.24) is 0 Å². The summed E-state index contributed by atoms with van der Waals surface area (Å²) in [6.07, 6.45) is 1.20. The molecule has 1 rings (SSSR count). The summed E-state index contributed by atoms with van der Waals surface area (Å²) in [5.41, 5.74) is -0.296. The summed E-state index contributed by atoms with van der Waals surface area (Å²) in [6, 6.07) is 5.67. The number of nitriles is 1. The lowest BCUT2D eigenvalue weighted by molar-refractivity contribution is 0.564. The molecule has 0 spiro atoms. The molecule has 58 valence electrons. The number of hydrogen-bond donors (Lipinski definition) is 0. The molecule has 0 saturated heterocycles. The molecular formula is C8H3FN2O. The van der Waals surface area contributed by atoms with E-state index in [1.807, 2.05) is 0 Å². The Hall–Kier alpha value is -1.98. The van der Waals surface area contributed by atoms with Crippen LogP contribution in [0.1, 0.15) is 5.56 Å². The Labute approximate surface area is 67.8 Å². The molecule has 0 radical (unpaired) electrons. The molecule has 0 saturated carbocycles. The van der Waals surface area contributed by atoms with Gasteiger partial charge in [0, 0.05) is 0 Å². The minimum Gasteiger partial charge on any atom is -0.211 e. The highest BCUT2D eigenvalue weighted by Crippen LogP contribution is 2.19. The van der Waals surface area contributed by atoms with Crippen molar-refractivity contribution in [3.63, 3.8) is 0 Å². The highest BCUT2D eigenvalue weighted by Gasteiger charge is 2.05. The third-order valence-electron chi connectivity index (χ3n) is 1.26. The van der Waals surface area contributed by atoms with Crippen LogP contribution in [0.3, 0.4) is 0 Å². The average Bonchev–Trinajstić information content (AvgIpc) is 2.09. The summed E-state index contributed by atoms with van der Waals surface area (Å²) >= 11 is 0. The molecule has 0 bridgehead atoms. The number of halogens is 1. The first-order valence-corrected chi connectivity index (χ1v) is 3.06. The molecule has 0 aliphatic heterocycles. The van der Waals surface area contributed by atoms with Crippen molar-refractivity contribution in [2.45, 2.75) is 0 Å². The summed E-state index contributed by atoms with van der Waals surface area (Å²) < 4.78 is 13.0. The van der Waals surface area contributed by atoms with E-state index < -0.39 is 5.82 Å². The van der Waals surface area contributed by atoms with Gasteiger partial charge < -0.3 is 0 Å².